The molecule has 1 aromatic heterocycles. The number of nitrogens with one attached hydrogen (secondary N) is 1. The van der Waals surface area contributed by atoms with Gasteiger partial charge in [0.15, 0.2) is 0 Å². The number of carbonyl (C=O) groups is 1. The molecular formula is C17H17FN2O2S. The molecule has 0 aliphatic heterocycles. The lowest BCUT2D eigenvalue weighted by atomic mass is 10.1. The van der Waals surface area contributed by atoms with Crippen LogP contribution in [0.1, 0.15) is 27.5 Å². The highest BCUT2D eigenvalue weighted by molar-refractivity contribution is 7.09. The molecule has 2 atom stereocenters. The molecule has 2 N–H and O–H groups in total. The van der Waals surface area contributed by atoms with E-state index in [1.165, 1.54) is 23.5 Å². The zero-order valence-electron chi connectivity index (χ0n) is 12.4. The molecule has 0 saturated heterocycles. The number of aliphatic hydroxyl groups excluding tert-OH is 1. The van der Waals surface area contributed by atoms with Crippen LogP contribution in [0, 0.1) is 11.7 Å². The molecule has 1 aliphatic carbocycles. The average Bonchev–Trinajstić information content (AvgIpc) is 3.16. The van der Waals surface area contributed by atoms with Crippen molar-refractivity contribution in [2.45, 2.75) is 18.9 Å². The molecular weight excluding hydrogens is 315 g/mol. The average molecular weight is 332 g/mol. The third kappa shape index (κ3) is 4.03. The Bertz CT molecular complexity index is 729. The number of aliphatic hydroxyl groups is 1. The van der Waals surface area contributed by atoms with Gasteiger partial charge in [-0.25, -0.2) is 9.37 Å². The summed E-state index contributed by atoms with van der Waals surface area (Å²) in [6.45, 7) is 0.0946. The second-order valence-corrected chi connectivity index (χ2v) is 6.52. The number of thiazole rings is 1. The highest BCUT2D eigenvalue weighted by Gasteiger charge is 2.21. The molecule has 0 saturated carbocycles. The van der Waals surface area contributed by atoms with Crippen LogP contribution in [0.5, 0.6) is 0 Å². The predicted octanol–water partition coefficient (Wildman–Crippen LogP) is 2.54. The molecule has 6 heteroatoms. The molecule has 0 unspecified atom stereocenters. The van der Waals surface area contributed by atoms with Gasteiger partial charge in [0, 0.05) is 30.4 Å². The van der Waals surface area contributed by atoms with Crippen LogP contribution in [0.15, 0.2) is 41.8 Å². The fourth-order valence-corrected chi connectivity index (χ4v) is 3.39. The Morgan fingerprint density at radius 1 is 1.43 bits per heavy atom. The van der Waals surface area contributed by atoms with Gasteiger partial charge in [-0.3, -0.25) is 4.79 Å². The van der Waals surface area contributed by atoms with Crippen molar-refractivity contribution in [3.8, 4) is 0 Å². The number of carbonyl (C=O) groups excluding carboxylic acids is 1. The summed E-state index contributed by atoms with van der Waals surface area (Å²) in [6.07, 6.45) is 5.04. The first-order chi connectivity index (χ1) is 11.1. The topological polar surface area (TPSA) is 62.2 Å². The summed E-state index contributed by atoms with van der Waals surface area (Å²) < 4.78 is 13.2. The Kier molecular flexibility index (Phi) is 4.83. The smallest absolute Gasteiger partial charge is 0.271 e. The minimum Gasteiger partial charge on any atom is -0.396 e. The van der Waals surface area contributed by atoms with Gasteiger partial charge in [-0.15, -0.1) is 11.3 Å². The third-order valence-electron chi connectivity index (χ3n) is 3.75. The highest BCUT2D eigenvalue weighted by atomic mass is 32.1. The summed E-state index contributed by atoms with van der Waals surface area (Å²) in [5.74, 6) is -0.386. The van der Waals surface area contributed by atoms with Crippen LogP contribution in [-0.4, -0.2) is 28.6 Å². The molecule has 1 amide bonds. The van der Waals surface area contributed by atoms with E-state index < -0.39 is 0 Å². The summed E-state index contributed by atoms with van der Waals surface area (Å²) in [5.41, 5.74) is 1.21. The number of halogens is 1. The van der Waals surface area contributed by atoms with E-state index in [4.69, 9.17) is 5.11 Å². The van der Waals surface area contributed by atoms with Gasteiger partial charge in [0.2, 0.25) is 0 Å². The SMILES string of the molecule is O=C(N[C@@H]1C=C[C@H](CO)C1)c1csc(Cc2cccc(F)c2)n1. The number of amides is 1. The maximum Gasteiger partial charge on any atom is 0.271 e. The van der Waals surface area contributed by atoms with E-state index in [1.807, 2.05) is 18.2 Å². The van der Waals surface area contributed by atoms with Crippen molar-refractivity contribution in [1.29, 1.82) is 0 Å². The largest absolute Gasteiger partial charge is 0.396 e. The van der Waals surface area contributed by atoms with Gasteiger partial charge < -0.3 is 10.4 Å². The summed E-state index contributed by atoms with van der Waals surface area (Å²) >= 11 is 1.39. The second kappa shape index (κ2) is 7.02. The molecule has 4 nitrogen and oxygen atoms in total. The van der Waals surface area contributed by atoms with Crippen LogP contribution in [0.25, 0.3) is 0 Å². The van der Waals surface area contributed by atoms with Gasteiger partial charge in [-0.05, 0) is 24.1 Å². The van der Waals surface area contributed by atoms with Gasteiger partial charge in [0.1, 0.15) is 11.5 Å². The summed E-state index contributed by atoms with van der Waals surface area (Å²) in [5, 5.41) is 14.5. The molecule has 2 aromatic rings. The van der Waals surface area contributed by atoms with E-state index >= 15 is 0 Å². The molecule has 1 heterocycles. The van der Waals surface area contributed by atoms with Gasteiger partial charge in [0.25, 0.3) is 5.91 Å². The van der Waals surface area contributed by atoms with Crippen molar-refractivity contribution in [2.24, 2.45) is 5.92 Å². The van der Waals surface area contributed by atoms with Crippen LogP contribution >= 0.6 is 11.3 Å². The first kappa shape index (κ1) is 15.8. The maximum absolute atomic E-state index is 13.2. The minimum absolute atomic E-state index is 0.0620. The Labute approximate surface area is 137 Å². The van der Waals surface area contributed by atoms with Crippen LogP contribution in [0.4, 0.5) is 4.39 Å². The van der Waals surface area contributed by atoms with E-state index in [9.17, 15) is 9.18 Å². The fraction of sp³-hybridized carbons (Fsp3) is 0.294. The molecule has 120 valence electrons. The second-order valence-electron chi connectivity index (χ2n) is 5.58. The summed E-state index contributed by atoms with van der Waals surface area (Å²) in [6, 6.07) is 6.31. The number of nitrogens with zero attached hydrogens (tertiary/aromatic N) is 1. The van der Waals surface area contributed by atoms with Crippen molar-refractivity contribution >= 4 is 17.2 Å². The van der Waals surface area contributed by atoms with Crippen molar-refractivity contribution in [3.63, 3.8) is 0 Å². The highest BCUT2D eigenvalue weighted by Crippen LogP contribution is 2.19. The number of aromatic nitrogens is 1. The molecule has 1 aliphatic rings. The molecule has 0 fully saturated rings. The maximum atomic E-state index is 13.2. The van der Waals surface area contributed by atoms with Crippen molar-refractivity contribution in [3.05, 3.63) is 63.9 Å². The summed E-state index contributed by atoms with van der Waals surface area (Å²) in [7, 11) is 0. The lowest BCUT2D eigenvalue weighted by Gasteiger charge is -2.11. The van der Waals surface area contributed by atoms with E-state index in [0.717, 1.165) is 10.6 Å². The molecule has 23 heavy (non-hydrogen) atoms. The quantitative estimate of drug-likeness (QED) is 0.827. The zero-order valence-corrected chi connectivity index (χ0v) is 13.2. The van der Waals surface area contributed by atoms with E-state index in [2.05, 4.69) is 10.3 Å². The van der Waals surface area contributed by atoms with Crippen LogP contribution in [0.3, 0.4) is 0 Å². The van der Waals surface area contributed by atoms with Crippen LogP contribution in [-0.2, 0) is 6.42 Å². The molecule has 0 radical (unpaired) electrons. The van der Waals surface area contributed by atoms with Crippen molar-refractivity contribution in [1.82, 2.24) is 10.3 Å². The number of rotatable bonds is 5. The monoisotopic (exact) mass is 332 g/mol. The normalized spacial score (nSPS) is 19.9. The Hall–Kier alpha value is -2.05. The lowest BCUT2D eigenvalue weighted by molar-refractivity contribution is 0.0936. The minimum atomic E-state index is -0.275. The molecule has 0 spiro atoms. The first-order valence-electron chi connectivity index (χ1n) is 7.43. The number of hydrogen-bond acceptors (Lipinski definition) is 4. The van der Waals surface area contributed by atoms with E-state index in [1.54, 1.807) is 11.4 Å². The fourth-order valence-electron chi connectivity index (χ4n) is 2.58. The van der Waals surface area contributed by atoms with Crippen molar-refractivity contribution in [2.75, 3.05) is 6.61 Å². The molecule has 1 aromatic carbocycles. The first-order valence-corrected chi connectivity index (χ1v) is 8.31. The number of benzene rings is 1. The van der Waals surface area contributed by atoms with Gasteiger partial charge >= 0.3 is 0 Å². The number of hydrogen-bond donors (Lipinski definition) is 2. The van der Waals surface area contributed by atoms with E-state index in [-0.39, 0.29) is 30.3 Å². The van der Waals surface area contributed by atoms with Gasteiger partial charge in [-0.2, -0.15) is 0 Å². The Morgan fingerprint density at radius 3 is 3.04 bits per heavy atom. The lowest BCUT2D eigenvalue weighted by Crippen LogP contribution is -2.33. The Morgan fingerprint density at radius 2 is 2.30 bits per heavy atom. The zero-order chi connectivity index (χ0) is 16.2. The van der Waals surface area contributed by atoms with Gasteiger partial charge in [0.05, 0.1) is 5.01 Å². The van der Waals surface area contributed by atoms with Crippen LogP contribution < -0.4 is 5.32 Å². The standard InChI is InChI=1S/C17H17FN2O2S/c18-13-3-1-2-11(6-13)8-16-20-15(10-23-16)17(22)19-14-5-4-12(7-14)9-21/h1-6,10,12,14,21H,7-9H2,(H,19,22)/t12-,14+/m0/s1. The Balaban J connectivity index is 1.60. The van der Waals surface area contributed by atoms with Crippen LogP contribution in [0.2, 0.25) is 0 Å². The van der Waals surface area contributed by atoms with E-state index in [0.29, 0.717) is 18.5 Å². The molecule has 0 bridgehead atoms. The summed E-state index contributed by atoms with van der Waals surface area (Å²) in [4.78, 5) is 16.5. The molecule has 3 rings (SSSR count). The predicted molar refractivity (Wildman–Crippen MR) is 86.9 cm³/mol. The third-order valence-corrected chi connectivity index (χ3v) is 4.60. The van der Waals surface area contributed by atoms with Gasteiger partial charge in [-0.1, -0.05) is 24.3 Å². The van der Waals surface area contributed by atoms with Crippen molar-refractivity contribution < 1.29 is 14.3 Å².